The van der Waals surface area contributed by atoms with E-state index < -0.39 is 0 Å². The van der Waals surface area contributed by atoms with Crippen molar-refractivity contribution in [3.05, 3.63) is 0 Å². The fourth-order valence-corrected chi connectivity index (χ4v) is 3.27. The van der Waals surface area contributed by atoms with Gasteiger partial charge in [-0.3, -0.25) is 0 Å². The molecule has 1 aromatic rings. The second kappa shape index (κ2) is 5.78. The van der Waals surface area contributed by atoms with Crippen molar-refractivity contribution in [2.75, 3.05) is 17.7 Å². The molecule has 1 saturated carbocycles. The van der Waals surface area contributed by atoms with Crippen LogP contribution in [0, 0.1) is 11.8 Å². The number of hydrogen-bond donors (Lipinski definition) is 2. The summed E-state index contributed by atoms with van der Waals surface area (Å²) in [5, 5.41) is 4.54. The Morgan fingerprint density at radius 3 is 2.83 bits per heavy atom. The van der Waals surface area contributed by atoms with Crippen LogP contribution in [-0.4, -0.2) is 17.0 Å². The Hall–Kier alpha value is -0.970. The van der Waals surface area contributed by atoms with E-state index in [2.05, 4.69) is 23.5 Å². The van der Waals surface area contributed by atoms with Gasteiger partial charge < -0.3 is 15.8 Å². The number of aromatic nitrogens is 1. The quantitative estimate of drug-likeness (QED) is 0.880. The van der Waals surface area contributed by atoms with Crippen LogP contribution in [0.3, 0.4) is 0 Å². The van der Waals surface area contributed by atoms with Gasteiger partial charge in [0, 0.05) is 6.04 Å². The second-order valence-electron chi connectivity index (χ2n) is 5.27. The summed E-state index contributed by atoms with van der Waals surface area (Å²) < 4.78 is 9.72. The Bertz CT molecular complexity index is 394. The molecule has 3 unspecified atom stereocenters. The van der Waals surface area contributed by atoms with Crippen molar-refractivity contribution in [3.8, 4) is 5.75 Å². The maximum atomic E-state index is 5.82. The molecule has 0 radical (unpaired) electrons. The number of ether oxygens (including phenoxy) is 1. The summed E-state index contributed by atoms with van der Waals surface area (Å²) in [6, 6.07) is 0.523. The molecule has 3 atom stereocenters. The van der Waals surface area contributed by atoms with Crippen LogP contribution < -0.4 is 15.8 Å². The van der Waals surface area contributed by atoms with Crippen LogP contribution in [0.25, 0.3) is 0 Å². The lowest BCUT2D eigenvalue weighted by atomic mass is 9.79. The maximum Gasteiger partial charge on any atom is 0.197 e. The first-order valence-electron chi connectivity index (χ1n) is 6.76. The predicted octanol–water partition coefficient (Wildman–Crippen LogP) is 3.36. The fourth-order valence-electron chi connectivity index (χ4n) is 2.53. The third kappa shape index (κ3) is 2.88. The van der Waals surface area contributed by atoms with Crippen molar-refractivity contribution in [1.82, 2.24) is 4.37 Å². The lowest BCUT2D eigenvalue weighted by Gasteiger charge is -2.32. The lowest BCUT2D eigenvalue weighted by molar-refractivity contribution is 0.260. The van der Waals surface area contributed by atoms with Crippen molar-refractivity contribution in [3.63, 3.8) is 0 Å². The molecule has 0 amide bonds. The minimum absolute atomic E-state index is 0.501. The summed E-state index contributed by atoms with van der Waals surface area (Å²) in [5.41, 5.74) is 5.82. The van der Waals surface area contributed by atoms with E-state index in [9.17, 15) is 0 Å². The van der Waals surface area contributed by atoms with Gasteiger partial charge in [0.1, 0.15) is 0 Å². The number of nitrogen functional groups attached to an aromatic ring is 1. The molecule has 4 nitrogen and oxygen atoms in total. The monoisotopic (exact) mass is 269 g/mol. The van der Waals surface area contributed by atoms with E-state index in [0.29, 0.717) is 18.5 Å². The number of nitrogens with one attached hydrogen (secondary N) is 1. The molecule has 1 fully saturated rings. The van der Waals surface area contributed by atoms with Crippen molar-refractivity contribution >= 4 is 22.4 Å². The molecule has 5 heteroatoms. The third-order valence-corrected chi connectivity index (χ3v) is 4.67. The zero-order valence-electron chi connectivity index (χ0n) is 11.4. The summed E-state index contributed by atoms with van der Waals surface area (Å²) >= 11 is 1.40. The molecule has 1 aliphatic rings. The van der Waals surface area contributed by atoms with E-state index in [0.717, 1.165) is 22.6 Å². The highest BCUT2D eigenvalue weighted by molar-refractivity contribution is 7.11. The topological polar surface area (TPSA) is 60.2 Å². The van der Waals surface area contributed by atoms with Gasteiger partial charge in [0.15, 0.2) is 16.6 Å². The van der Waals surface area contributed by atoms with Crippen LogP contribution in [0.1, 0.15) is 40.0 Å². The standard InChI is InChI=1S/C13H23N3OS/c1-4-17-11-12(14)16-18-13(11)15-10-6-5-8(2)9(3)7-10/h8-10,15H,4-7H2,1-3H3,(H2,14,16). The highest BCUT2D eigenvalue weighted by Gasteiger charge is 2.26. The predicted molar refractivity (Wildman–Crippen MR) is 77.3 cm³/mol. The molecule has 0 saturated heterocycles. The summed E-state index contributed by atoms with van der Waals surface area (Å²) in [7, 11) is 0. The van der Waals surface area contributed by atoms with Crippen LogP contribution in [0.5, 0.6) is 5.75 Å². The smallest absolute Gasteiger partial charge is 0.197 e. The number of anilines is 2. The molecule has 1 heterocycles. The van der Waals surface area contributed by atoms with Gasteiger partial charge in [0.05, 0.1) is 6.61 Å². The largest absolute Gasteiger partial charge is 0.487 e. The first-order valence-corrected chi connectivity index (χ1v) is 7.53. The fraction of sp³-hybridized carbons (Fsp3) is 0.769. The number of hydrogen-bond acceptors (Lipinski definition) is 5. The van der Waals surface area contributed by atoms with Crippen LogP contribution in [0.15, 0.2) is 0 Å². The summed E-state index contributed by atoms with van der Waals surface area (Å²) in [6.45, 7) is 7.26. The highest BCUT2D eigenvalue weighted by Crippen LogP contribution is 2.38. The Morgan fingerprint density at radius 2 is 2.17 bits per heavy atom. The first kappa shape index (κ1) is 13.5. The molecular weight excluding hydrogens is 246 g/mol. The Balaban J connectivity index is 2.01. The van der Waals surface area contributed by atoms with E-state index in [1.54, 1.807) is 0 Å². The molecule has 3 N–H and O–H groups in total. The summed E-state index contributed by atoms with van der Waals surface area (Å²) in [6.07, 6.45) is 3.72. The molecule has 102 valence electrons. The maximum absolute atomic E-state index is 5.82. The van der Waals surface area contributed by atoms with Crippen molar-refractivity contribution in [1.29, 1.82) is 0 Å². The van der Waals surface area contributed by atoms with Gasteiger partial charge in [-0.15, -0.1) is 0 Å². The Kier molecular flexibility index (Phi) is 4.32. The number of nitrogens with zero attached hydrogens (tertiary/aromatic N) is 1. The molecule has 0 aromatic carbocycles. The Morgan fingerprint density at radius 1 is 1.39 bits per heavy atom. The summed E-state index contributed by atoms with van der Waals surface area (Å²) in [5.74, 6) is 2.84. The molecule has 1 aromatic heterocycles. The van der Waals surface area contributed by atoms with Gasteiger partial charge in [-0.1, -0.05) is 13.8 Å². The zero-order chi connectivity index (χ0) is 13.1. The first-order chi connectivity index (χ1) is 8.61. The Labute approximate surface area is 113 Å². The SMILES string of the molecule is CCOc1c(N)nsc1NC1CCC(C)C(C)C1. The molecule has 1 aliphatic carbocycles. The van der Waals surface area contributed by atoms with Crippen LogP contribution in [-0.2, 0) is 0 Å². The summed E-state index contributed by atoms with van der Waals surface area (Å²) in [4.78, 5) is 0. The molecule has 0 bridgehead atoms. The van der Waals surface area contributed by atoms with Crippen molar-refractivity contribution in [2.45, 2.75) is 46.1 Å². The van der Waals surface area contributed by atoms with Gasteiger partial charge in [-0.05, 0) is 49.6 Å². The lowest BCUT2D eigenvalue weighted by Crippen LogP contribution is -2.30. The van der Waals surface area contributed by atoms with Crippen LogP contribution >= 0.6 is 11.5 Å². The highest BCUT2D eigenvalue weighted by atomic mass is 32.1. The molecule has 0 spiro atoms. The third-order valence-electron chi connectivity index (χ3n) is 3.90. The molecular formula is C13H23N3OS. The minimum Gasteiger partial charge on any atom is -0.487 e. The van der Waals surface area contributed by atoms with Gasteiger partial charge in [0.2, 0.25) is 0 Å². The molecule has 0 aliphatic heterocycles. The van der Waals surface area contributed by atoms with Gasteiger partial charge >= 0.3 is 0 Å². The van der Waals surface area contributed by atoms with Crippen LogP contribution in [0.4, 0.5) is 10.8 Å². The van der Waals surface area contributed by atoms with E-state index >= 15 is 0 Å². The van der Waals surface area contributed by atoms with Gasteiger partial charge in [0.25, 0.3) is 0 Å². The van der Waals surface area contributed by atoms with E-state index in [1.807, 2.05) is 6.92 Å². The van der Waals surface area contributed by atoms with Crippen molar-refractivity contribution < 1.29 is 4.74 Å². The van der Waals surface area contributed by atoms with Crippen molar-refractivity contribution in [2.24, 2.45) is 11.8 Å². The normalized spacial score (nSPS) is 28.1. The van der Waals surface area contributed by atoms with E-state index in [4.69, 9.17) is 10.5 Å². The zero-order valence-corrected chi connectivity index (χ0v) is 12.2. The number of rotatable bonds is 4. The second-order valence-corrected chi connectivity index (χ2v) is 6.04. The average molecular weight is 269 g/mol. The van der Waals surface area contributed by atoms with Gasteiger partial charge in [-0.2, -0.15) is 4.37 Å². The van der Waals surface area contributed by atoms with Gasteiger partial charge in [-0.25, -0.2) is 0 Å². The van der Waals surface area contributed by atoms with Crippen LogP contribution in [0.2, 0.25) is 0 Å². The average Bonchev–Trinajstić information content (AvgIpc) is 2.67. The minimum atomic E-state index is 0.501. The number of nitrogens with two attached hydrogens (primary N) is 1. The van der Waals surface area contributed by atoms with E-state index in [-0.39, 0.29) is 0 Å². The van der Waals surface area contributed by atoms with E-state index in [1.165, 1.54) is 30.8 Å². The molecule has 2 rings (SSSR count). The molecule has 18 heavy (non-hydrogen) atoms.